The molecule has 1 saturated carbocycles. The van der Waals surface area contributed by atoms with Gasteiger partial charge in [0.15, 0.2) is 0 Å². The average molecular weight is 208 g/mol. The van der Waals surface area contributed by atoms with E-state index in [9.17, 15) is 0 Å². The van der Waals surface area contributed by atoms with Crippen LogP contribution in [-0.2, 0) is 6.54 Å². The van der Waals surface area contributed by atoms with Gasteiger partial charge in [-0.3, -0.25) is 0 Å². The number of rotatable bonds is 6. The van der Waals surface area contributed by atoms with Crippen molar-refractivity contribution in [2.24, 2.45) is 0 Å². The molecule has 1 aromatic rings. The summed E-state index contributed by atoms with van der Waals surface area (Å²) < 4.78 is 2.20. The van der Waals surface area contributed by atoms with Gasteiger partial charge in [-0.1, -0.05) is 6.92 Å². The fraction of sp³-hybridized carbons (Fsp3) is 0.727. The zero-order chi connectivity index (χ0) is 10.7. The second-order valence-electron chi connectivity index (χ2n) is 4.26. The fourth-order valence-corrected chi connectivity index (χ4v) is 1.48. The van der Waals surface area contributed by atoms with Crippen LogP contribution in [0.25, 0.3) is 0 Å². The van der Waals surface area contributed by atoms with Crippen LogP contribution in [0, 0.1) is 0 Å². The molecular weight excluding hydrogens is 188 g/mol. The molecule has 4 nitrogen and oxygen atoms in total. The molecule has 1 aliphatic carbocycles. The molecule has 15 heavy (non-hydrogen) atoms. The van der Waals surface area contributed by atoms with E-state index < -0.39 is 0 Å². The Morgan fingerprint density at radius 2 is 2.40 bits per heavy atom. The Bertz CT molecular complexity index is 303. The van der Waals surface area contributed by atoms with Crippen molar-refractivity contribution in [3.8, 4) is 0 Å². The van der Waals surface area contributed by atoms with Crippen LogP contribution in [0.15, 0.2) is 12.4 Å². The van der Waals surface area contributed by atoms with Crippen molar-refractivity contribution in [2.75, 3.05) is 25.5 Å². The molecule has 0 bridgehead atoms. The quantitative estimate of drug-likeness (QED) is 0.767. The maximum atomic E-state index is 4.33. The van der Waals surface area contributed by atoms with Crippen molar-refractivity contribution in [3.05, 3.63) is 12.4 Å². The Morgan fingerprint density at radius 1 is 1.60 bits per heavy atom. The molecule has 1 N–H and O–H groups in total. The minimum atomic E-state index is 0.676. The molecule has 84 valence electrons. The summed E-state index contributed by atoms with van der Waals surface area (Å²) in [7, 11) is 2.14. The maximum absolute atomic E-state index is 4.33. The lowest BCUT2D eigenvalue weighted by atomic mass is 10.5. The molecule has 1 aromatic heterocycles. The highest BCUT2D eigenvalue weighted by molar-refractivity contribution is 5.29. The first kappa shape index (κ1) is 10.5. The molecule has 0 amide bonds. The van der Waals surface area contributed by atoms with Gasteiger partial charge < -0.3 is 14.8 Å². The summed E-state index contributed by atoms with van der Waals surface area (Å²) in [4.78, 5) is 6.64. The molecule has 0 radical (unpaired) electrons. The molecule has 1 heterocycles. The lowest BCUT2D eigenvalue weighted by molar-refractivity contribution is 0.336. The Hall–Kier alpha value is -1.03. The molecule has 1 aliphatic rings. The van der Waals surface area contributed by atoms with Gasteiger partial charge in [-0.25, -0.2) is 4.98 Å². The predicted octanol–water partition coefficient (Wildman–Crippen LogP) is 1.41. The maximum Gasteiger partial charge on any atom is 0.203 e. The number of nitrogens with one attached hydrogen (secondary N) is 1. The van der Waals surface area contributed by atoms with Crippen LogP contribution in [0.3, 0.4) is 0 Å². The normalized spacial score (nSPS) is 15.9. The van der Waals surface area contributed by atoms with E-state index in [1.165, 1.54) is 12.8 Å². The number of anilines is 1. The third-order valence-electron chi connectivity index (χ3n) is 2.89. The lowest BCUT2D eigenvalue weighted by Crippen LogP contribution is -2.23. The van der Waals surface area contributed by atoms with Crippen LogP contribution >= 0.6 is 0 Å². The van der Waals surface area contributed by atoms with Crippen molar-refractivity contribution in [3.63, 3.8) is 0 Å². The highest BCUT2D eigenvalue weighted by Crippen LogP contribution is 2.23. The molecule has 0 unspecified atom stereocenters. The summed E-state index contributed by atoms with van der Waals surface area (Å²) in [6, 6.07) is 0.676. The van der Waals surface area contributed by atoms with Crippen LogP contribution in [-0.4, -0.2) is 40.6 Å². The van der Waals surface area contributed by atoms with E-state index in [1.807, 2.05) is 12.4 Å². The summed E-state index contributed by atoms with van der Waals surface area (Å²) in [5.41, 5.74) is 0. The molecule has 4 heteroatoms. The molecule has 2 rings (SSSR count). The van der Waals surface area contributed by atoms with Gasteiger partial charge in [0, 0.05) is 31.5 Å². The summed E-state index contributed by atoms with van der Waals surface area (Å²) in [6.07, 6.45) is 6.51. The van der Waals surface area contributed by atoms with Crippen molar-refractivity contribution >= 4 is 5.95 Å². The minimum absolute atomic E-state index is 0.676. The Balaban J connectivity index is 1.86. The van der Waals surface area contributed by atoms with Gasteiger partial charge in [-0.05, 0) is 26.4 Å². The molecule has 0 atom stereocenters. The molecule has 0 aliphatic heterocycles. The van der Waals surface area contributed by atoms with Crippen LogP contribution < -0.4 is 5.32 Å². The number of aromatic nitrogens is 2. The fourth-order valence-electron chi connectivity index (χ4n) is 1.48. The summed E-state index contributed by atoms with van der Waals surface area (Å²) >= 11 is 0. The third-order valence-corrected chi connectivity index (χ3v) is 2.89. The lowest BCUT2D eigenvalue weighted by Gasteiger charge is -2.15. The Morgan fingerprint density at radius 3 is 3.07 bits per heavy atom. The van der Waals surface area contributed by atoms with Gasteiger partial charge in [-0.2, -0.15) is 0 Å². The molecule has 0 saturated heterocycles. The zero-order valence-electron chi connectivity index (χ0n) is 9.61. The van der Waals surface area contributed by atoms with E-state index in [0.717, 1.165) is 25.6 Å². The van der Waals surface area contributed by atoms with Gasteiger partial charge in [0.25, 0.3) is 0 Å². The summed E-state index contributed by atoms with van der Waals surface area (Å²) in [6.45, 7) is 5.36. The van der Waals surface area contributed by atoms with Crippen molar-refractivity contribution in [1.29, 1.82) is 0 Å². The van der Waals surface area contributed by atoms with E-state index in [2.05, 4.69) is 33.7 Å². The predicted molar refractivity (Wildman–Crippen MR) is 62.0 cm³/mol. The second kappa shape index (κ2) is 4.66. The van der Waals surface area contributed by atoms with E-state index in [0.29, 0.717) is 6.04 Å². The smallest absolute Gasteiger partial charge is 0.203 e. The van der Waals surface area contributed by atoms with Crippen molar-refractivity contribution in [2.45, 2.75) is 32.4 Å². The van der Waals surface area contributed by atoms with Crippen molar-refractivity contribution < 1.29 is 0 Å². The van der Waals surface area contributed by atoms with Crippen LogP contribution in [0.1, 0.15) is 19.8 Å². The van der Waals surface area contributed by atoms with Gasteiger partial charge >= 0.3 is 0 Å². The number of hydrogen-bond acceptors (Lipinski definition) is 3. The van der Waals surface area contributed by atoms with Gasteiger partial charge in [0.05, 0.1) is 0 Å². The Labute approximate surface area is 91.3 Å². The van der Waals surface area contributed by atoms with E-state index in [-0.39, 0.29) is 0 Å². The molecular formula is C11H20N4. The van der Waals surface area contributed by atoms with Gasteiger partial charge in [-0.15, -0.1) is 0 Å². The largest absolute Gasteiger partial charge is 0.353 e. The molecule has 0 spiro atoms. The van der Waals surface area contributed by atoms with Gasteiger partial charge in [0.2, 0.25) is 5.95 Å². The molecule has 0 aromatic carbocycles. The SMILES string of the molecule is CCN(C)CCn1ccnc1NC1CC1. The average Bonchev–Trinajstić information content (AvgIpc) is 2.94. The topological polar surface area (TPSA) is 33.1 Å². The monoisotopic (exact) mass is 208 g/mol. The zero-order valence-corrected chi connectivity index (χ0v) is 9.61. The highest BCUT2D eigenvalue weighted by Gasteiger charge is 2.22. The minimum Gasteiger partial charge on any atom is -0.353 e. The van der Waals surface area contributed by atoms with Gasteiger partial charge in [0.1, 0.15) is 0 Å². The van der Waals surface area contributed by atoms with Crippen LogP contribution in [0.5, 0.6) is 0 Å². The standard InChI is InChI=1S/C11H20N4/c1-3-14(2)8-9-15-7-6-12-11(15)13-10-4-5-10/h6-7,10H,3-5,8-9H2,1-2H3,(H,12,13). The second-order valence-corrected chi connectivity index (χ2v) is 4.26. The van der Waals surface area contributed by atoms with E-state index in [1.54, 1.807) is 0 Å². The number of hydrogen-bond donors (Lipinski definition) is 1. The highest BCUT2D eigenvalue weighted by atomic mass is 15.2. The van der Waals surface area contributed by atoms with E-state index in [4.69, 9.17) is 0 Å². The summed E-state index contributed by atoms with van der Waals surface area (Å²) in [5.74, 6) is 1.03. The van der Waals surface area contributed by atoms with Crippen LogP contribution in [0.2, 0.25) is 0 Å². The first-order chi connectivity index (χ1) is 7.29. The summed E-state index contributed by atoms with van der Waals surface area (Å²) in [5, 5.41) is 3.44. The number of nitrogens with zero attached hydrogens (tertiary/aromatic N) is 3. The van der Waals surface area contributed by atoms with E-state index >= 15 is 0 Å². The number of imidazole rings is 1. The number of likely N-dealkylation sites (N-methyl/N-ethyl adjacent to an activating group) is 1. The Kier molecular flexibility index (Phi) is 3.26. The first-order valence-electron chi connectivity index (χ1n) is 5.76. The third kappa shape index (κ3) is 2.96. The van der Waals surface area contributed by atoms with Crippen LogP contribution in [0.4, 0.5) is 5.95 Å². The first-order valence-corrected chi connectivity index (χ1v) is 5.76. The molecule has 1 fully saturated rings. The van der Waals surface area contributed by atoms with Crippen molar-refractivity contribution in [1.82, 2.24) is 14.5 Å².